The van der Waals surface area contributed by atoms with Crippen molar-refractivity contribution < 1.29 is 4.79 Å². The first-order valence-corrected chi connectivity index (χ1v) is 10.0. The number of imidazole rings is 1. The predicted octanol–water partition coefficient (Wildman–Crippen LogP) is 3.57. The third-order valence-corrected chi connectivity index (χ3v) is 6.38. The van der Waals surface area contributed by atoms with Gasteiger partial charge in [0.15, 0.2) is 0 Å². The fraction of sp³-hybridized carbons (Fsp3) is 0.800. The second kappa shape index (κ2) is 6.89. The smallest absolute Gasteiger partial charge is 0.225 e. The van der Waals surface area contributed by atoms with Gasteiger partial charge in [0.1, 0.15) is 5.82 Å². The highest BCUT2D eigenvalue weighted by Crippen LogP contribution is 2.32. The second-order valence-electron chi connectivity index (χ2n) is 8.32. The van der Waals surface area contributed by atoms with E-state index >= 15 is 0 Å². The number of piperidine rings is 1. The molecule has 0 bridgehead atoms. The summed E-state index contributed by atoms with van der Waals surface area (Å²) in [6, 6.07) is 0. The van der Waals surface area contributed by atoms with Crippen LogP contribution in [-0.4, -0.2) is 33.4 Å². The lowest BCUT2D eigenvalue weighted by atomic mass is 9.92. The number of aromatic nitrogens is 2. The van der Waals surface area contributed by atoms with Gasteiger partial charge in [0, 0.05) is 43.9 Å². The molecule has 0 atom stereocenters. The summed E-state index contributed by atoms with van der Waals surface area (Å²) in [6.07, 6.45) is 12.9. The molecule has 0 aromatic carbocycles. The Bertz CT molecular complexity index is 576. The van der Waals surface area contributed by atoms with Crippen LogP contribution in [0.2, 0.25) is 0 Å². The summed E-state index contributed by atoms with van der Waals surface area (Å²) in [4.78, 5) is 19.4. The molecule has 0 spiro atoms. The molecule has 0 unspecified atom stereocenters. The number of carbonyl (C=O) groups is 1. The van der Waals surface area contributed by atoms with Crippen molar-refractivity contribution in [3.8, 4) is 0 Å². The van der Waals surface area contributed by atoms with E-state index in [4.69, 9.17) is 4.98 Å². The Labute approximate surface area is 145 Å². The van der Waals surface area contributed by atoms with Crippen LogP contribution in [0.5, 0.6) is 0 Å². The molecule has 24 heavy (non-hydrogen) atoms. The molecule has 0 N–H and O–H groups in total. The topological polar surface area (TPSA) is 38.1 Å². The zero-order chi connectivity index (χ0) is 16.5. The SMILES string of the molecule is Cc1cnc(CC2CCN(C(=O)C3CCCC3)CC2)n1CC1CC1. The van der Waals surface area contributed by atoms with Gasteiger partial charge in [-0.25, -0.2) is 4.98 Å². The number of hydrogen-bond acceptors (Lipinski definition) is 2. The molecule has 1 aliphatic heterocycles. The molecule has 1 amide bonds. The van der Waals surface area contributed by atoms with Crippen molar-refractivity contribution in [3.63, 3.8) is 0 Å². The molecule has 2 saturated carbocycles. The van der Waals surface area contributed by atoms with E-state index in [0.717, 1.165) is 51.1 Å². The first kappa shape index (κ1) is 16.2. The number of likely N-dealkylation sites (tertiary alicyclic amines) is 1. The van der Waals surface area contributed by atoms with E-state index in [1.807, 2.05) is 6.20 Å². The van der Waals surface area contributed by atoms with Gasteiger partial charge in [0.2, 0.25) is 5.91 Å². The van der Waals surface area contributed by atoms with Gasteiger partial charge < -0.3 is 9.47 Å². The molecule has 1 aromatic heterocycles. The summed E-state index contributed by atoms with van der Waals surface area (Å²) >= 11 is 0. The van der Waals surface area contributed by atoms with Gasteiger partial charge >= 0.3 is 0 Å². The highest BCUT2D eigenvalue weighted by atomic mass is 16.2. The van der Waals surface area contributed by atoms with Gasteiger partial charge in [-0.05, 0) is 57.3 Å². The van der Waals surface area contributed by atoms with Crippen molar-refractivity contribution >= 4 is 5.91 Å². The van der Waals surface area contributed by atoms with Gasteiger partial charge in [0.25, 0.3) is 0 Å². The van der Waals surface area contributed by atoms with Gasteiger partial charge in [-0.15, -0.1) is 0 Å². The highest BCUT2D eigenvalue weighted by Gasteiger charge is 2.31. The van der Waals surface area contributed by atoms with Gasteiger partial charge in [0.05, 0.1) is 0 Å². The maximum absolute atomic E-state index is 12.6. The zero-order valence-electron chi connectivity index (χ0n) is 15.0. The summed E-state index contributed by atoms with van der Waals surface area (Å²) in [5, 5.41) is 0. The number of amides is 1. The Hall–Kier alpha value is -1.32. The Morgan fingerprint density at radius 1 is 1.08 bits per heavy atom. The first-order valence-electron chi connectivity index (χ1n) is 10.0. The summed E-state index contributed by atoms with van der Waals surface area (Å²) in [7, 11) is 0. The largest absolute Gasteiger partial charge is 0.342 e. The maximum Gasteiger partial charge on any atom is 0.225 e. The fourth-order valence-electron chi connectivity index (χ4n) is 4.53. The van der Waals surface area contributed by atoms with Crippen LogP contribution in [0.15, 0.2) is 6.20 Å². The van der Waals surface area contributed by atoms with Crippen LogP contribution in [0.3, 0.4) is 0 Å². The number of carbonyl (C=O) groups excluding carboxylic acids is 1. The zero-order valence-corrected chi connectivity index (χ0v) is 15.0. The number of aryl methyl sites for hydroxylation is 1. The van der Waals surface area contributed by atoms with Crippen LogP contribution >= 0.6 is 0 Å². The minimum atomic E-state index is 0.335. The molecule has 4 rings (SSSR count). The number of rotatable bonds is 5. The van der Waals surface area contributed by atoms with Crippen molar-refractivity contribution in [2.45, 2.75) is 71.3 Å². The molecule has 4 heteroatoms. The molecule has 3 fully saturated rings. The van der Waals surface area contributed by atoms with Crippen LogP contribution in [-0.2, 0) is 17.8 Å². The Morgan fingerprint density at radius 3 is 2.46 bits per heavy atom. The van der Waals surface area contributed by atoms with E-state index in [2.05, 4.69) is 16.4 Å². The van der Waals surface area contributed by atoms with E-state index in [0.29, 0.717) is 17.7 Å². The maximum atomic E-state index is 12.6. The minimum Gasteiger partial charge on any atom is -0.342 e. The van der Waals surface area contributed by atoms with Crippen molar-refractivity contribution in [2.75, 3.05) is 13.1 Å². The second-order valence-corrected chi connectivity index (χ2v) is 8.32. The molecule has 4 nitrogen and oxygen atoms in total. The monoisotopic (exact) mass is 329 g/mol. The minimum absolute atomic E-state index is 0.335. The lowest BCUT2D eigenvalue weighted by molar-refractivity contribution is -0.136. The van der Waals surface area contributed by atoms with E-state index < -0.39 is 0 Å². The molecule has 3 aliphatic rings. The molecule has 0 radical (unpaired) electrons. The van der Waals surface area contributed by atoms with Crippen LogP contribution < -0.4 is 0 Å². The lowest BCUT2D eigenvalue weighted by Crippen LogP contribution is -2.41. The van der Waals surface area contributed by atoms with Crippen LogP contribution in [0, 0.1) is 24.7 Å². The summed E-state index contributed by atoms with van der Waals surface area (Å²) < 4.78 is 2.45. The van der Waals surface area contributed by atoms with Gasteiger partial charge in [-0.3, -0.25) is 4.79 Å². The highest BCUT2D eigenvalue weighted by molar-refractivity contribution is 5.79. The van der Waals surface area contributed by atoms with E-state index in [1.54, 1.807) is 0 Å². The molecule has 2 aliphatic carbocycles. The van der Waals surface area contributed by atoms with Crippen molar-refractivity contribution in [2.24, 2.45) is 17.8 Å². The molecular formula is C20H31N3O. The van der Waals surface area contributed by atoms with Gasteiger partial charge in [-0.1, -0.05) is 12.8 Å². The first-order chi connectivity index (χ1) is 11.7. The van der Waals surface area contributed by atoms with E-state index in [9.17, 15) is 4.79 Å². The Balaban J connectivity index is 1.31. The lowest BCUT2D eigenvalue weighted by Gasteiger charge is -2.33. The average Bonchev–Trinajstić information content (AvgIpc) is 3.12. The Kier molecular flexibility index (Phi) is 4.64. The van der Waals surface area contributed by atoms with Crippen LogP contribution in [0.25, 0.3) is 0 Å². The summed E-state index contributed by atoms with van der Waals surface area (Å²) in [5.41, 5.74) is 1.31. The third-order valence-electron chi connectivity index (χ3n) is 6.38. The standard InChI is InChI=1S/C20H31N3O/c1-15-13-21-19(23(15)14-17-6-7-17)12-16-8-10-22(11-9-16)20(24)18-4-2-3-5-18/h13,16-18H,2-12,14H2,1H3. The Morgan fingerprint density at radius 2 is 1.79 bits per heavy atom. The molecule has 132 valence electrons. The summed E-state index contributed by atoms with van der Waals surface area (Å²) in [6.45, 7) is 5.27. The molecule has 1 saturated heterocycles. The molecule has 2 heterocycles. The third kappa shape index (κ3) is 3.52. The predicted molar refractivity (Wildman–Crippen MR) is 94.7 cm³/mol. The quantitative estimate of drug-likeness (QED) is 0.828. The average molecular weight is 329 g/mol. The normalized spacial score (nSPS) is 23.1. The molecule has 1 aromatic rings. The van der Waals surface area contributed by atoms with Crippen molar-refractivity contribution in [3.05, 3.63) is 17.7 Å². The van der Waals surface area contributed by atoms with Crippen LogP contribution in [0.1, 0.15) is 62.9 Å². The van der Waals surface area contributed by atoms with Crippen LogP contribution in [0.4, 0.5) is 0 Å². The van der Waals surface area contributed by atoms with E-state index in [-0.39, 0.29) is 0 Å². The number of hydrogen-bond donors (Lipinski definition) is 0. The van der Waals surface area contributed by atoms with Crippen molar-refractivity contribution in [1.29, 1.82) is 0 Å². The number of nitrogens with zero attached hydrogens (tertiary/aromatic N) is 3. The van der Waals surface area contributed by atoms with E-state index in [1.165, 1.54) is 43.7 Å². The van der Waals surface area contributed by atoms with Gasteiger partial charge in [-0.2, -0.15) is 0 Å². The van der Waals surface area contributed by atoms with Crippen molar-refractivity contribution in [1.82, 2.24) is 14.5 Å². The summed E-state index contributed by atoms with van der Waals surface area (Å²) in [5.74, 6) is 3.64. The molecular weight excluding hydrogens is 298 g/mol. The fourth-order valence-corrected chi connectivity index (χ4v) is 4.53.